The molecule has 0 saturated carbocycles. The minimum atomic E-state index is 0. The van der Waals surface area contributed by atoms with Crippen LogP contribution in [0.2, 0.25) is 0 Å². The van der Waals surface area contributed by atoms with Crippen molar-refractivity contribution in [3.63, 3.8) is 0 Å². The van der Waals surface area contributed by atoms with E-state index in [0.29, 0.717) is 5.75 Å². The van der Waals surface area contributed by atoms with E-state index in [2.05, 4.69) is 10.2 Å². The average molecular weight is 331 g/mol. The van der Waals surface area contributed by atoms with Crippen LogP contribution in [-0.2, 0) is 6.54 Å². The van der Waals surface area contributed by atoms with Gasteiger partial charge in [0.25, 0.3) is 0 Å². The molecule has 2 rings (SSSR count). The van der Waals surface area contributed by atoms with Crippen LogP contribution < -0.4 is 19.5 Å². The highest BCUT2D eigenvalue weighted by atomic mass is 35.5. The van der Waals surface area contributed by atoms with Gasteiger partial charge in [0, 0.05) is 13.1 Å². The van der Waals surface area contributed by atoms with E-state index in [-0.39, 0.29) is 12.4 Å². The molecule has 0 bridgehead atoms. The second kappa shape index (κ2) is 9.08. The van der Waals surface area contributed by atoms with Gasteiger partial charge in [0.2, 0.25) is 5.75 Å². The van der Waals surface area contributed by atoms with Crippen LogP contribution in [0, 0.1) is 5.92 Å². The van der Waals surface area contributed by atoms with Gasteiger partial charge >= 0.3 is 0 Å². The molecule has 0 aliphatic carbocycles. The zero-order chi connectivity index (χ0) is 15.2. The van der Waals surface area contributed by atoms with E-state index in [9.17, 15) is 0 Å². The maximum atomic E-state index is 5.41. The van der Waals surface area contributed by atoms with Crippen molar-refractivity contribution in [1.82, 2.24) is 10.2 Å². The number of hydrogen-bond donors (Lipinski definition) is 1. The van der Waals surface area contributed by atoms with E-state index < -0.39 is 0 Å². The molecule has 22 heavy (non-hydrogen) atoms. The van der Waals surface area contributed by atoms with Crippen LogP contribution in [0.5, 0.6) is 17.2 Å². The Bertz CT molecular complexity index is 446. The number of hydrogen-bond acceptors (Lipinski definition) is 5. The zero-order valence-electron chi connectivity index (χ0n) is 13.8. The Hall–Kier alpha value is -1.17. The maximum Gasteiger partial charge on any atom is 0.203 e. The van der Waals surface area contributed by atoms with Gasteiger partial charge in [0.05, 0.1) is 21.3 Å². The van der Waals surface area contributed by atoms with E-state index in [0.717, 1.165) is 43.6 Å². The van der Waals surface area contributed by atoms with E-state index in [1.165, 1.54) is 12.0 Å². The molecule has 1 aromatic carbocycles. The molecule has 6 heteroatoms. The van der Waals surface area contributed by atoms with Crippen molar-refractivity contribution < 1.29 is 14.2 Å². The van der Waals surface area contributed by atoms with Gasteiger partial charge in [-0.15, -0.1) is 12.4 Å². The van der Waals surface area contributed by atoms with Crippen molar-refractivity contribution >= 4 is 12.4 Å². The first-order chi connectivity index (χ1) is 10.2. The Kier molecular flexibility index (Phi) is 7.79. The van der Waals surface area contributed by atoms with Gasteiger partial charge in [-0.25, -0.2) is 0 Å². The fraction of sp³-hybridized carbons (Fsp3) is 0.625. The van der Waals surface area contributed by atoms with Crippen LogP contribution in [0.3, 0.4) is 0 Å². The summed E-state index contributed by atoms with van der Waals surface area (Å²) >= 11 is 0. The molecule has 126 valence electrons. The van der Waals surface area contributed by atoms with Crippen LogP contribution >= 0.6 is 12.4 Å². The van der Waals surface area contributed by atoms with E-state index in [1.807, 2.05) is 19.2 Å². The normalized spacial score (nSPS) is 17.9. The number of benzene rings is 1. The first-order valence-electron chi connectivity index (χ1n) is 7.37. The molecule has 1 aliphatic rings. The summed E-state index contributed by atoms with van der Waals surface area (Å²) in [6.07, 6.45) is 1.26. The number of methoxy groups -OCH3 is 3. The fourth-order valence-electron chi connectivity index (χ4n) is 3.00. The van der Waals surface area contributed by atoms with Crippen LogP contribution in [0.1, 0.15) is 12.0 Å². The second-order valence-corrected chi connectivity index (χ2v) is 5.48. The van der Waals surface area contributed by atoms with E-state index in [1.54, 1.807) is 21.3 Å². The number of nitrogens with one attached hydrogen (secondary N) is 1. The standard InChI is InChI=1S/C16H26N2O3.ClH/c1-17-9-12-5-6-18(10-12)11-13-7-14(19-2)16(21-4)15(8-13)20-3;/h7-8,12,17H,5-6,9-11H2,1-4H3;1H. The SMILES string of the molecule is CNCC1CCN(Cc2cc(OC)c(OC)c(OC)c2)C1.Cl. The lowest BCUT2D eigenvalue weighted by Crippen LogP contribution is -2.24. The lowest BCUT2D eigenvalue weighted by Gasteiger charge is -2.19. The molecule has 0 spiro atoms. The highest BCUT2D eigenvalue weighted by molar-refractivity contribution is 5.85. The monoisotopic (exact) mass is 330 g/mol. The molecular weight excluding hydrogens is 304 g/mol. The highest BCUT2D eigenvalue weighted by Crippen LogP contribution is 2.38. The van der Waals surface area contributed by atoms with Crippen molar-refractivity contribution in [1.29, 1.82) is 0 Å². The first kappa shape index (κ1) is 18.9. The summed E-state index contributed by atoms with van der Waals surface area (Å²) in [4.78, 5) is 2.47. The first-order valence-corrected chi connectivity index (χ1v) is 7.37. The van der Waals surface area contributed by atoms with Gasteiger partial charge < -0.3 is 19.5 Å². The van der Waals surface area contributed by atoms with Crippen LogP contribution in [0.4, 0.5) is 0 Å². The fourth-order valence-corrected chi connectivity index (χ4v) is 3.00. The summed E-state index contributed by atoms with van der Waals surface area (Å²) in [5, 5.41) is 3.26. The van der Waals surface area contributed by atoms with Crippen LogP contribution in [0.15, 0.2) is 12.1 Å². The molecule has 0 amide bonds. The van der Waals surface area contributed by atoms with Gasteiger partial charge in [-0.1, -0.05) is 0 Å². The molecule has 1 saturated heterocycles. The third kappa shape index (κ3) is 4.41. The number of nitrogens with zero attached hydrogens (tertiary/aromatic N) is 1. The average Bonchev–Trinajstić information content (AvgIpc) is 2.93. The number of halogens is 1. The third-order valence-corrected chi connectivity index (χ3v) is 3.99. The molecule has 1 atom stereocenters. The lowest BCUT2D eigenvalue weighted by atomic mass is 10.1. The molecule has 1 fully saturated rings. The number of ether oxygens (including phenoxy) is 3. The molecule has 1 aliphatic heterocycles. The minimum Gasteiger partial charge on any atom is -0.493 e. The topological polar surface area (TPSA) is 43.0 Å². The summed E-state index contributed by atoms with van der Waals surface area (Å²) in [7, 11) is 6.95. The summed E-state index contributed by atoms with van der Waals surface area (Å²) < 4.78 is 16.2. The number of likely N-dealkylation sites (tertiary alicyclic amines) is 1. The van der Waals surface area contributed by atoms with Crippen LogP contribution in [0.25, 0.3) is 0 Å². The van der Waals surface area contributed by atoms with Crippen LogP contribution in [-0.4, -0.2) is 52.9 Å². The predicted molar refractivity (Wildman–Crippen MR) is 90.7 cm³/mol. The smallest absolute Gasteiger partial charge is 0.203 e. The largest absolute Gasteiger partial charge is 0.493 e. The van der Waals surface area contributed by atoms with Gasteiger partial charge in [0.15, 0.2) is 11.5 Å². The minimum absolute atomic E-state index is 0. The lowest BCUT2D eigenvalue weighted by molar-refractivity contribution is 0.307. The number of rotatable bonds is 7. The van der Waals surface area contributed by atoms with Crippen molar-refractivity contribution in [2.24, 2.45) is 5.92 Å². The molecule has 1 aromatic rings. The molecule has 0 radical (unpaired) electrons. The molecule has 0 aromatic heterocycles. The maximum absolute atomic E-state index is 5.41. The predicted octanol–water partition coefficient (Wildman–Crippen LogP) is 2.18. The second-order valence-electron chi connectivity index (χ2n) is 5.48. The molecule has 1 heterocycles. The van der Waals surface area contributed by atoms with Gasteiger partial charge in [0.1, 0.15) is 0 Å². The highest BCUT2D eigenvalue weighted by Gasteiger charge is 2.22. The van der Waals surface area contributed by atoms with Gasteiger partial charge in [-0.2, -0.15) is 0 Å². The summed E-state index contributed by atoms with van der Waals surface area (Å²) in [5.41, 5.74) is 1.19. The van der Waals surface area contributed by atoms with Gasteiger partial charge in [-0.05, 0) is 50.2 Å². The summed E-state index contributed by atoms with van der Waals surface area (Å²) in [5.74, 6) is 2.84. The van der Waals surface area contributed by atoms with Crippen molar-refractivity contribution in [3.8, 4) is 17.2 Å². The Labute approximate surface area is 139 Å². The zero-order valence-corrected chi connectivity index (χ0v) is 14.7. The van der Waals surface area contributed by atoms with Crippen molar-refractivity contribution in [3.05, 3.63) is 17.7 Å². The van der Waals surface area contributed by atoms with E-state index in [4.69, 9.17) is 14.2 Å². The quantitative estimate of drug-likeness (QED) is 0.830. The van der Waals surface area contributed by atoms with Gasteiger partial charge in [-0.3, -0.25) is 4.90 Å². The Balaban J connectivity index is 0.00000242. The third-order valence-electron chi connectivity index (χ3n) is 3.99. The Morgan fingerprint density at radius 3 is 2.27 bits per heavy atom. The Morgan fingerprint density at radius 1 is 1.14 bits per heavy atom. The summed E-state index contributed by atoms with van der Waals surface area (Å²) in [6, 6.07) is 4.07. The molecule has 5 nitrogen and oxygen atoms in total. The van der Waals surface area contributed by atoms with Crippen molar-refractivity contribution in [2.45, 2.75) is 13.0 Å². The molecule has 1 N–H and O–H groups in total. The molecule has 1 unspecified atom stereocenters. The summed E-state index contributed by atoms with van der Waals surface area (Å²) in [6.45, 7) is 4.28. The van der Waals surface area contributed by atoms with E-state index >= 15 is 0 Å². The van der Waals surface area contributed by atoms with Crippen molar-refractivity contribution in [2.75, 3.05) is 48.0 Å². The Morgan fingerprint density at radius 2 is 1.77 bits per heavy atom. The molecular formula is C16H27ClN2O3.